The summed E-state index contributed by atoms with van der Waals surface area (Å²) in [4.78, 5) is 31.4. The van der Waals surface area contributed by atoms with Gasteiger partial charge in [-0.15, -0.1) is 0 Å². The number of fused-ring (bicyclic) bond motifs is 2. The molecule has 0 unspecified atom stereocenters. The van der Waals surface area contributed by atoms with Crippen molar-refractivity contribution >= 4 is 36.4 Å². The van der Waals surface area contributed by atoms with Gasteiger partial charge in [0.05, 0.1) is 27.0 Å². The molecule has 3 heterocycles. The molecule has 45 heavy (non-hydrogen) atoms. The molecule has 3 aliphatic rings. The summed E-state index contributed by atoms with van der Waals surface area (Å²) in [5, 5.41) is 11.5. The van der Waals surface area contributed by atoms with Crippen molar-refractivity contribution in [3.63, 3.8) is 0 Å². The van der Waals surface area contributed by atoms with Crippen LogP contribution in [0.3, 0.4) is 0 Å². The number of ether oxygens (including phenoxy) is 2. The first-order chi connectivity index (χ1) is 21.4. The predicted molar refractivity (Wildman–Crippen MR) is 184 cm³/mol. The summed E-state index contributed by atoms with van der Waals surface area (Å²) in [6.45, 7) is 14.3. The van der Waals surface area contributed by atoms with Crippen LogP contribution >= 0.6 is 0 Å². The van der Waals surface area contributed by atoms with E-state index in [-0.39, 0.29) is 36.0 Å². The second-order valence-corrected chi connectivity index (χ2v) is 18.5. The van der Waals surface area contributed by atoms with Crippen LogP contribution in [0.15, 0.2) is 65.8 Å². The van der Waals surface area contributed by atoms with E-state index in [1.807, 2.05) is 40.1 Å². The molecule has 1 spiro atoms. The first-order valence-corrected chi connectivity index (χ1v) is 19.5. The summed E-state index contributed by atoms with van der Waals surface area (Å²) in [6.07, 6.45) is 7.86. The van der Waals surface area contributed by atoms with Crippen molar-refractivity contribution < 1.29 is 24.2 Å². The third-order valence-electron chi connectivity index (χ3n) is 10.3. The van der Waals surface area contributed by atoms with E-state index in [2.05, 4.69) is 65.1 Å². The molecule has 0 saturated carbocycles. The zero-order chi connectivity index (χ0) is 32.5. The highest BCUT2D eigenvalue weighted by Crippen LogP contribution is 2.60. The van der Waals surface area contributed by atoms with Gasteiger partial charge in [-0.3, -0.25) is 9.59 Å². The monoisotopic (exact) mass is 630 g/mol. The number of nitrogens with zero attached hydrogens (tertiary/aromatic N) is 2. The minimum Gasteiger partial charge on any atom is -0.497 e. The molecule has 4 atom stereocenters. The number of anilines is 2. The molecule has 7 nitrogen and oxygen atoms in total. The zero-order valence-corrected chi connectivity index (χ0v) is 29.1. The second kappa shape index (κ2) is 13.3. The maximum absolute atomic E-state index is 14.9. The molecule has 0 aromatic heterocycles. The SMILES string of the molecule is COc1ccc([Si](C)(C)[C@@H]2[C@@H](CCO)O[C@]3(C(=O)N(C/C=C(\C)CCC=C(C)C)c4ccc(N5CCCC5=O)cc43)[C@H]2C)cc1. The van der Waals surface area contributed by atoms with Gasteiger partial charge in [-0.25, -0.2) is 0 Å². The predicted octanol–water partition coefficient (Wildman–Crippen LogP) is 6.46. The average molecular weight is 631 g/mol. The minimum absolute atomic E-state index is 0.0161. The Hall–Kier alpha value is -3.20. The lowest BCUT2D eigenvalue weighted by Gasteiger charge is -2.37. The lowest BCUT2D eigenvalue weighted by molar-refractivity contribution is -0.146. The average Bonchev–Trinajstić information content (AvgIpc) is 3.64. The van der Waals surface area contributed by atoms with Crippen LogP contribution < -0.4 is 19.7 Å². The van der Waals surface area contributed by atoms with Gasteiger partial charge in [0, 0.05) is 43.3 Å². The molecule has 0 bridgehead atoms. The van der Waals surface area contributed by atoms with E-state index in [9.17, 15) is 14.7 Å². The molecular formula is C37H50N2O5Si. The van der Waals surface area contributed by atoms with Gasteiger partial charge >= 0.3 is 0 Å². The minimum atomic E-state index is -2.27. The quantitative estimate of drug-likeness (QED) is 0.228. The first kappa shape index (κ1) is 33.2. The largest absolute Gasteiger partial charge is 0.497 e. The number of aliphatic hydroxyl groups excluding tert-OH is 1. The summed E-state index contributed by atoms with van der Waals surface area (Å²) in [5.41, 5.74) is 3.93. The molecular weight excluding hydrogens is 581 g/mol. The summed E-state index contributed by atoms with van der Waals surface area (Å²) in [6, 6.07) is 14.3. The second-order valence-electron chi connectivity index (χ2n) is 13.8. The molecule has 5 rings (SSSR count). The third kappa shape index (κ3) is 6.04. The van der Waals surface area contributed by atoms with Gasteiger partial charge in [0.2, 0.25) is 5.91 Å². The Kier molecular flexibility index (Phi) is 9.78. The van der Waals surface area contributed by atoms with Crippen LogP contribution in [0, 0.1) is 5.92 Å². The van der Waals surface area contributed by atoms with Gasteiger partial charge in [0.1, 0.15) is 5.75 Å². The fourth-order valence-electron chi connectivity index (χ4n) is 7.91. The molecule has 2 aromatic carbocycles. The molecule has 2 saturated heterocycles. The van der Waals surface area contributed by atoms with E-state index in [1.165, 1.54) is 16.3 Å². The standard InChI is InChI=1S/C37H50N2O5Si/c1-25(2)10-8-11-26(3)19-22-39-32-18-13-28(38-21-9-12-34(38)41)24-31(32)37(36(39)42)27(4)35(33(44-37)20-23-40)45(6,7)30-16-14-29(43-5)15-17-30/h10,13-19,24,27,33,35,40H,8-9,11-12,20-23H2,1-7H3/b26-19+/t27-,33+,35-,37+/m0/s1. The molecule has 2 amide bonds. The highest BCUT2D eigenvalue weighted by molar-refractivity contribution is 6.91. The van der Waals surface area contributed by atoms with Crippen LogP contribution in [0.5, 0.6) is 5.75 Å². The van der Waals surface area contributed by atoms with Crippen LogP contribution in [0.25, 0.3) is 0 Å². The van der Waals surface area contributed by atoms with E-state index in [0.29, 0.717) is 25.9 Å². The van der Waals surface area contributed by atoms with Crippen molar-refractivity contribution in [1.82, 2.24) is 0 Å². The zero-order valence-electron chi connectivity index (χ0n) is 28.1. The van der Waals surface area contributed by atoms with E-state index in [4.69, 9.17) is 9.47 Å². The van der Waals surface area contributed by atoms with Crippen molar-refractivity contribution in [2.24, 2.45) is 5.92 Å². The molecule has 242 valence electrons. The number of carbonyl (C=O) groups is 2. The number of benzene rings is 2. The van der Waals surface area contributed by atoms with Gasteiger partial charge < -0.3 is 24.4 Å². The molecule has 2 aromatic rings. The summed E-state index contributed by atoms with van der Waals surface area (Å²) in [5.74, 6) is 0.727. The normalized spacial score (nSPS) is 25.0. The number of hydrogen-bond donors (Lipinski definition) is 1. The highest BCUT2D eigenvalue weighted by atomic mass is 28.3. The number of hydrogen-bond acceptors (Lipinski definition) is 5. The fourth-order valence-corrected chi connectivity index (χ4v) is 12.0. The molecule has 1 N–H and O–H groups in total. The number of carbonyl (C=O) groups excluding carboxylic acids is 2. The lowest BCUT2D eigenvalue weighted by Crippen LogP contribution is -2.52. The Labute approximate surface area is 269 Å². The number of aliphatic hydroxyl groups is 1. The summed E-state index contributed by atoms with van der Waals surface area (Å²) in [7, 11) is -0.596. The number of rotatable bonds is 11. The van der Waals surface area contributed by atoms with Crippen LogP contribution in [0.4, 0.5) is 11.4 Å². The van der Waals surface area contributed by atoms with Gasteiger partial charge in [-0.2, -0.15) is 0 Å². The number of methoxy groups -OCH3 is 1. The molecule has 3 aliphatic heterocycles. The van der Waals surface area contributed by atoms with Crippen molar-refractivity contribution in [1.29, 1.82) is 0 Å². The Morgan fingerprint density at radius 3 is 2.47 bits per heavy atom. The highest BCUT2D eigenvalue weighted by Gasteiger charge is 2.66. The molecule has 0 aliphatic carbocycles. The maximum atomic E-state index is 14.9. The smallest absolute Gasteiger partial charge is 0.264 e. The Morgan fingerprint density at radius 1 is 1.11 bits per heavy atom. The van der Waals surface area contributed by atoms with Crippen LogP contribution in [0.1, 0.15) is 65.4 Å². The number of allylic oxidation sites excluding steroid dienone is 3. The molecule has 0 radical (unpaired) electrons. The van der Waals surface area contributed by atoms with Crippen LogP contribution in [-0.4, -0.2) is 57.9 Å². The van der Waals surface area contributed by atoms with Crippen molar-refractivity contribution in [2.45, 2.75) is 90.1 Å². The Balaban J connectivity index is 1.58. The topological polar surface area (TPSA) is 79.3 Å². The maximum Gasteiger partial charge on any atom is 0.264 e. The van der Waals surface area contributed by atoms with Gasteiger partial charge in [-0.1, -0.05) is 60.6 Å². The van der Waals surface area contributed by atoms with Gasteiger partial charge in [0.15, 0.2) is 5.60 Å². The Bertz CT molecular complexity index is 1480. The van der Waals surface area contributed by atoms with Crippen molar-refractivity contribution in [3.05, 3.63) is 71.3 Å². The molecule has 8 heteroatoms. The third-order valence-corrected chi connectivity index (χ3v) is 14.7. The van der Waals surface area contributed by atoms with Crippen molar-refractivity contribution in [2.75, 3.05) is 36.6 Å². The Morgan fingerprint density at radius 2 is 1.84 bits per heavy atom. The van der Waals surface area contributed by atoms with E-state index in [0.717, 1.165) is 42.0 Å². The summed E-state index contributed by atoms with van der Waals surface area (Å²) < 4.78 is 12.5. The van der Waals surface area contributed by atoms with Gasteiger partial charge in [0.25, 0.3) is 5.91 Å². The van der Waals surface area contributed by atoms with Crippen LogP contribution in [-0.2, 0) is 19.9 Å². The van der Waals surface area contributed by atoms with Gasteiger partial charge in [-0.05, 0) is 82.3 Å². The van der Waals surface area contributed by atoms with E-state index >= 15 is 0 Å². The van der Waals surface area contributed by atoms with Crippen molar-refractivity contribution in [3.8, 4) is 5.75 Å². The van der Waals surface area contributed by atoms with E-state index < -0.39 is 13.7 Å². The fraction of sp³-hybridized carbons (Fsp3) is 0.514. The first-order valence-electron chi connectivity index (χ1n) is 16.4. The van der Waals surface area contributed by atoms with Crippen LogP contribution in [0.2, 0.25) is 18.6 Å². The lowest BCUT2D eigenvalue weighted by atomic mass is 9.82. The molecule has 2 fully saturated rings. The number of amides is 2. The van der Waals surface area contributed by atoms with E-state index in [1.54, 1.807) is 7.11 Å². The summed E-state index contributed by atoms with van der Waals surface area (Å²) >= 11 is 0.